The van der Waals surface area contributed by atoms with E-state index in [-0.39, 0.29) is 5.71 Å². The van der Waals surface area contributed by atoms with E-state index in [9.17, 15) is 4.79 Å². The van der Waals surface area contributed by atoms with E-state index < -0.39 is 11.2 Å². The van der Waals surface area contributed by atoms with Gasteiger partial charge in [-0.1, -0.05) is 18.2 Å². The third-order valence-electron chi connectivity index (χ3n) is 1.27. The second-order valence-electron chi connectivity index (χ2n) is 1.98. The lowest BCUT2D eigenvalue weighted by molar-refractivity contribution is -0.112. The molecular formula is C7H6ClNO. The number of carbonyl (C=O) groups is 1. The van der Waals surface area contributed by atoms with Crippen LogP contribution in [0.2, 0.25) is 0 Å². The number of carbonyl (C=O) groups excluding carboxylic acids is 1. The lowest BCUT2D eigenvalue weighted by atomic mass is 10.0. The molecule has 0 bridgehead atoms. The van der Waals surface area contributed by atoms with Gasteiger partial charge in [-0.05, 0) is 17.7 Å². The molecular weight excluding hydrogens is 150 g/mol. The molecule has 0 radical (unpaired) electrons. The molecule has 1 rings (SSSR count). The lowest BCUT2D eigenvalue weighted by Crippen LogP contribution is -2.16. The zero-order valence-electron chi connectivity index (χ0n) is 5.17. The summed E-state index contributed by atoms with van der Waals surface area (Å²) in [4.78, 5) is 10.5. The van der Waals surface area contributed by atoms with Gasteiger partial charge in [0, 0.05) is 5.71 Å². The first kappa shape index (κ1) is 7.22. The van der Waals surface area contributed by atoms with Gasteiger partial charge in [-0.3, -0.25) is 4.79 Å². The number of hydrogen-bond donors (Lipinski definition) is 1. The van der Waals surface area contributed by atoms with E-state index in [1.165, 1.54) is 0 Å². The number of nitrogens with one attached hydrogen (secondary N) is 1. The van der Waals surface area contributed by atoms with Crippen molar-refractivity contribution in [2.75, 3.05) is 0 Å². The van der Waals surface area contributed by atoms with Crippen molar-refractivity contribution in [1.29, 1.82) is 5.41 Å². The predicted octanol–water partition coefficient (Wildman–Crippen LogP) is 1.51. The van der Waals surface area contributed by atoms with Crippen molar-refractivity contribution >= 4 is 22.6 Å². The van der Waals surface area contributed by atoms with Gasteiger partial charge in [0.25, 0.3) is 0 Å². The molecule has 0 spiro atoms. The number of allylic oxidation sites excluding steroid dienone is 4. The topological polar surface area (TPSA) is 40.9 Å². The molecule has 1 unspecified atom stereocenters. The minimum Gasteiger partial charge on any atom is -0.304 e. The summed E-state index contributed by atoms with van der Waals surface area (Å²) in [6, 6.07) is 0. The zero-order valence-corrected chi connectivity index (χ0v) is 5.93. The maximum atomic E-state index is 10.5. The quantitative estimate of drug-likeness (QED) is 0.573. The molecule has 0 amide bonds. The fourth-order valence-corrected chi connectivity index (χ4v) is 0.930. The molecule has 0 aromatic heterocycles. The van der Waals surface area contributed by atoms with Crippen LogP contribution in [0.4, 0.5) is 0 Å². The SMILES string of the molecule is N=C1C=CC=CC1C(=O)Cl. The van der Waals surface area contributed by atoms with E-state index in [0.717, 1.165) is 0 Å². The zero-order chi connectivity index (χ0) is 7.56. The number of rotatable bonds is 1. The summed E-state index contributed by atoms with van der Waals surface area (Å²) in [6.45, 7) is 0. The average molecular weight is 156 g/mol. The number of halogens is 1. The van der Waals surface area contributed by atoms with Gasteiger partial charge < -0.3 is 5.41 Å². The van der Waals surface area contributed by atoms with E-state index in [2.05, 4.69) is 0 Å². The monoisotopic (exact) mass is 155 g/mol. The van der Waals surface area contributed by atoms with Crippen LogP contribution in [0.3, 0.4) is 0 Å². The highest BCUT2D eigenvalue weighted by atomic mass is 35.5. The minimum atomic E-state index is -0.535. The highest BCUT2D eigenvalue weighted by Crippen LogP contribution is 2.10. The highest BCUT2D eigenvalue weighted by molar-refractivity contribution is 6.66. The predicted molar refractivity (Wildman–Crippen MR) is 40.4 cm³/mol. The maximum absolute atomic E-state index is 10.5. The van der Waals surface area contributed by atoms with Crippen LogP contribution in [-0.2, 0) is 4.79 Å². The van der Waals surface area contributed by atoms with E-state index in [1.807, 2.05) is 0 Å². The molecule has 1 aliphatic rings. The molecule has 3 heteroatoms. The second-order valence-corrected chi connectivity index (χ2v) is 2.35. The molecule has 0 saturated carbocycles. The fourth-order valence-electron chi connectivity index (χ4n) is 0.740. The summed E-state index contributed by atoms with van der Waals surface area (Å²) in [5.41, 5.74) is 0.252. The van der Waals surface area contributed by atoms with Crippen LogP contribution in [-0.4, -0.2) is 11.0 Å². The van der Waals surface area contributed by atoms with Crippen LogP contribution in [0.15, 0.2) is 24.3 Å². The Morgan fingerprint density at radius 3 is 2.70 bits per heavy atom. The van der Waals surface area contributed by atoms with E-state index in [0.29, 0.717) is 0 Å². The summed E-state index contributed by atoms with van der Waals surface area (Å²) >= 11 is 5.19. The van der Waals surface area contributed by atoms with Crippen LogP contribution in [0.1, 0.15) is 0 Å². The normalized spacial score (nSPS) is 23.3. The standard InChI is InChI=1S/C7H6ClNO/c8-7(10)5-3-1-2-4-6(5)9/h1-5,9H. The Morgan fingerprint density at radius 1 is 1.60 bits per heavy atom. The van der Waals surface area contributed by atoms with Gasteiger partial charge >= 0.3 is 0 Å². The molecule has 2 nitrogen and oxygen atoms in total. The van der Waals surface area contributed by atoms with E-state index in [4.69, 9.17) is 17.0 Å². The summed E-state index contributed by atoms with van der Waals surface area (Å²) < 4.78 is 0. The molecule has 0 heterocycles. The van der Waals surface area contributed by atoms with Gasteiger partial charge in [-0.15, -0.1) is 0 Å². The largest absolute Gasteiger partial charge is 0.304 e. The maximum Gasteiger partial charge on any atom is 0.234 e. The first-order valence-electron chi connectivity index (χ1n) is 2.84. The highest BCUT2D eigenvalue weighted by Gasteiger charge is 2.17. The van der Waals surface area contributed by atoms with Crippen molar-refractivity contribution < 1.29 is 4.79 Å². The molecule has 52 valence electrons. The second kappa shape index (κ2) is 2.80. The molecule has 10 heavy (non-hydrogen) atoms. The van der Waals surface area contributed by atoms with Crippen molar-refractivity contribution in [3.8, 4) is 0 Å². The van der Waals surface area contributed by atoms with Gasteiger partial charge in [-0.2, -0.15) is 0 Å². The Hall–Kier alpha value is -0.890. The van der Waals surface area contributed by atoms with Gasteiger partial charge in [0.2, 0.25) is 5.24 Å². The van der Waals surface area contributed by atoms with Crippen molar-refractivity contribution in [2.24, 2.45) is 5.92 Å². The van der Waals surface area contributed by atoms with Crippen molar-refractivity contribution in [1.82, 2.24) is 0 Å². The first-order chi connectivity index (χ1) is 4.72. The van der Waals surface area contributed by atoms with Gasteiger partial charge in [0.1, 0.15) is 0 Å². The van der Waals surface area contributed by atoms with Crippen LogP contribution in [0.25, 0.3) is 0 Å². The molecule has 1 atom stereocenters. The summed E-state index contributed by atoms with van der Waals surface area (Å²) in [5.74, 6) is -0.535. The van der Waals surface area contributed by atoms with Crippen LogP contribution < -0.4 is 0 Å². The van der Waals surface area contributed by atoms with Crippen molar-refractivity contribution in [3.63, 3.8) is 0 Å². The molecule has 1 aliphatic carbocycles. The number of hydrogen-bond acceptors (Lipinski definition) is 2. The summed E-state index contributed by atoms with van der Waals surface area (Å²) in [7, 11) is 0. The minimum absolute atomic E-state index is 0.252. The third-order valence-corrected chi connectivity index (χ3v) is 1.51. The molecule has 0 aromatic rings. The van der Waals surface area contributed by atoms with Crippen LogP contribution >= 0.6 is 11.6 Å². The van der Waals surface area contributed by atoms with Crippen molar-refractivity contribution in [3.05, 3.63) is 24.3 Å². The summed E-state index contributed by atoms with van der Waals surface area (Å²) in [5, 5.41) is 6.74. The Morgan fingerprint density at radius 2 is 2.30 bits per heavy atom. The first-order valence-corrected chi connectivity index (χ1v) is 3.22. The lowest BCUT2D eigenvalue weighted by Gasteiger charge is -2.07. The Labute approximate surface area is 63.7 Å². The van der Waals surface area contributed by atoms with Crippen molar-refractivity contribution in [2.45, 2.75) is 0 Å². The summed E-state index contributed by atoms with van der Waals surface area (Å²) in [6.07, 6.45) is 6.59. The van der Waals surface area contributed by atoms with Gasteiger partial charge in [0.15, 0.2) is 0 Å². The van der Waals surface area contributed by atoms with Gasteiger partial charge in [0.05, 0.1) is 5.92 Å². The fraction of sp³-hybridized carbons (Fsp3) is 0.143. The third kappa shape index (κ3) is 1.33. The Balaban J connectivity index is 2.80. The molecule has 0 fully saturated rings. The van der Waals surface area contributed by atoms with Crippen LogP contribution in [0, 0.1) is 11.3 Å². The van der Waals surface area contributed by atoms with E-state index >= 15 is 0 Å². The Bertz CT molecular complexity index is 230. The molecule has 0 aromatic carbocycles. The molecule has 0 aliphatic heterocycles. The average Bonchev–Trinajstić information content (AvgIpc) is 1.88. The molecule has 0 saturated heterocycles. The smallest absolute Gasteiger partial charge is 0.234 e. The van der Waals surface area contributed by atoms with E-state index in [1.54, 1.807) is 24.3 Å². The Kier molecular flexibility index (Phi) is 2.02. The van der Waals surface area contributed by atoms with Gasteiger partial charge in [-0.25, -0.2) is 0 Å². The van der Waals surface area contributed by atoms with Crippen LogP contribution in [0.5, 0.6) is 0 Å². The molecule has 1 N–H and O–H groups in total.